The van der Waals surface area contributed by atoms with Crippen LogP contribution in [0.3, 0.4) is 0 Å². The second-order valence-electron chi connectivity index (χ2n) is 5.05. The first-order valence-corrected chi connectivity index (χ1v) is 6.79. The molecule has 19 heavy (non-hydrogen) atoms. The molecule has 0 aromatic heterocycles. The monoisotopic (exact) mass is 261 g/mol. The fourth-order valence-electron chi connectivity index (χ4n) is 2.09. The van der Waals surface area contributed by atoms with Crippen molar-refractivity contribution in [2.24, 2.45) is 10.9 Å². The Morgan fingerprint density at radius 3 is 2.63 bits per heavy atom. The number of ether oxygens (including phenoxy) is 1. The van der Waals surface area contributed by atoms with Gasteiger partial charge in [-0.25, -0.2) is 0 Å². The van der Waals surface area contributed by atoms with E-state index in [0.29, 0.717) is 12.6 Å². The number of nitrogens with one attached hydrogen (secondary N) is 2. The summed E-state index contributed by atoms with van der Waals surface area (Å²) in [6.07, 6.45) is 1.27. The third-order valence-electron chi connectivity index (χ3n) is 3.57. The molecule has 0 bridgehead atoms. The third kappa shape index (κ3) is 3.96. The minimum Gasteiger partial charge on any atom is -0.375 e. The van der Waals surface area contributed by atoms with E-state index in [2.05, 4.69) is 34.7 Å². The zero-order chi connectivity index (χ0) is 13.7. The maximum atomic E-state index is 5.53. The lowest BCUT2D eigenvalue weighted by Crippen LogP contribution is -2.41. The summed E-state index contributed by atoms with van der Waals surface area (Å²) in [4.78, 5) is 4.24. The van der Waals surface area contributed by atoms with Crippen molar-refractivity contribution in [1.29, 1.82) is 0 Å². The Kier molecular flexibility index (Phi) is 4.80. The van der Waals surface area contributed by atoms with Gasteiger partial charge < -0.3 is 15.4 Å². The van der Waals surface area contributed by atoms with Crippen LogP contribution in [0.4, 0.5) is 0 Å². The summed E-state index contributed by atoms with van der Waals surface area (Å²) in [6.45, 7) is 2.95. The van der Waals surface area contributed by atoms with Crippen molar-refractivity contribution in [1.82, 2.24) is 10.6 Å². The Bertz CT molecular complexity index is 419. The van der Waals surface area contributed by atoms with Crippen molar-refractivity contribution in [3.8, 4) is 0 Å². The topological polar surface area (TPSA) is 45.7 Å². The van der Waals surface area contributed by atoms with E-state index in [1.165, 1.54) is 12.0 Å². The largest absolute Gasteiger partial charge is 0.375 e. The van der Waals surface area contributed by atoms with Crippen molar-refractivity contribution in [3.63, 3.8) is 0 Å². The molecule has 104 valence electrons. The van der Waals surface area contributed by atoms with Crippen LogP contribution in [-0.4, -0.2) is 32.7 Å². The van der Waals surface area contributed by atoms with Gasteiger partial charge in [-0.3, -0.25) is 4.99 Å². The molecule has 3 unspecified atom stereocenters. The Balaban J connectivity index is 1.85. The molecule has 4 heteroatoms. The second-order valence-corrected chi connectivity index (χ2v) is 5.05. The predicted molar refractivity (Wildman–Crippen MR) is 78.3 cm³/mol. The van der Waals surface area contributed by atoms with E-state index in [-0.39, 0.29) is 6.10 Å². The first-order valence-electron chi connectivity index (χ1n) is 6.79. The molecule has 2 rings (SSSR count). The molecule has 0 radical (unpaired) electrons. The van der Waals surface area contributed by atoms with Crippen LogP contribution in [-0.2, 0) is 4.74 Å². The number of nitrogens with zero attached hydrogens (tertiary/aromatic N) is 1. The highest BCUT2D eigenvalue weighted by Crippen LogP contribution is 2.28. The van der Waals surface area contributed by atoms with Crippen LogP contribution in [0.5, 0.6) is 0 Å². The van der Waals surface area contributed by atoms with Crippen LogP contribution in [0.2, 0.25) is 0 Å². The van der Waals surface area contributed by atoms with Crippen molar-refractivity contribution in [3.05, 3.63) is 35.9 Å². The van der Waals surface area contributed by atoms with E-state index in [0.717, 1.165) is 11.9 Å². The number of rotatable bonds is 5. The molecule has 0 heterocycles. The third-order valence-corrected chi connectivity index (χ3v) is 3.57. The molecule has 1 fully saturated rings. The SMILES string of the molecule is CN=C(NCC(OC)c1ccccc1)NC1CC1C. The fourth-order valence-corrected chi connectivity index (χ4v) is 2.09. The van der Waals surface area contributed by atoms with E-state index in [1.54, 1.807) is 14.2 Å². The summed E-state index contributed by atoms with van der Waals surface area (Å²) < 4.78 is 5.53. The summed E-state index contributed by atoms with van der Waals surface area (Å²) in [6, 6.07) is 10.8. The highest BCUT2D eigenvalue weighted by molar-refractivity contribution is 5.80. The maximum Gasteiger partial charge on any atom is 0.191 e. The van der Waals surface area contributed by atoms with Gasteiger partial charge in [0, 0.05) is 26.7 Å². The zero-order valence-electron chi connectivity index (χ0n) is 11.9. The molecule has 1 aromatic carbocycles. The Morgan fingerprint density at radius 1 is 1.42 bits per heavy atom. The molecular formula is C15H23N3O. The normalized spacial score (nSPS) is 23.8. The van der Waals surface area contributed by atoms with E-state index >= 15 is 0 Å². The van der Waals surface area contributed by atoms with Gasteiger partial charge in [-0.15, -0.1) is 0 Å². The predicted octanol–water partition coefficient (Wildman–Crippen LogP) is 1.95. The Labute approximate surface area is 115 Å². The molecule has 1 aromatic rings. The number of guanidine groups is 1. The van der Waals surface area contributed by atoms with E-state index in [1.807, 2.05) is 18.2 Å². The summed E-state index contributed by atoms with van der Waals surface area (Å²) in [5.41, 5.74) is 1.17. The lowest BCUT2D eigenvalue weighted by atomic mass is 10.1. The molecule has 1 aliphatic rings. The van der Waals surface area contributed by atoms with Gasteiger partial charge in [0.15, 0.2) is 5.96 Å². The molecule has 1 aliphatic carbocycles. The van der Waals surface area contributed by atoms with Crippen molar-refractivity contribution in [2.45, 2.75) is 25.5 Å². The highest BCUT2D eigenvalue weighted by Gasteiger charge is 2.33. The van der Waals surface area contributed by atoms with Gasteiger partial charge in [0.2, 0.25) is 0 Å². The number of benzene rings is 1. The maximum absolute atomic E-state index is 5.53. The summed E-state index contributed by atoms with van der Waals surface area (Å²) in [7, 11) is 3.53. The van der Waals surface area contributed by atoms with Crippen molar-refractivity contribution < 1.29 is 4.74 Å². The average Bonchev–Trinajstić information content (AvgIpc) is 3.14. The minimum absolute atomic E-state index is 0.0383. The Morgan fingerprint density at radius 2 is 2.11 bits per heavy atom. The van der Waals surface area contributed by atoms with Crippen molar-refractivity contribution in [2.75, 3.05) is 20.7 Å². The molecular weight excluding hydrogens is 238 g/mol. The molecule has 3 atom stereocenters. The molecule has 0 amide bonds. The van der Waals surface area contributed by atoms with Gasteiger partial charge in [0.25, 0.3) is 0 Å². The standard InChI is InChI=1S/C15H23N3O/c1-11-9-13(11)18-15(16-2)17-10-14(19-3)12-7-5-4-6-8-12/h4-8,11,13-14H,9-10H2,1-3H3,(H2,16,17,18). The average molecular weight is 261 g/mol. The minimum atomic E-state index is 0.0383. The smallest absolute Gasteiger partial charge is 0.191 e. The van der Waals surface area contributed by atoms with Gasteiger partial charge in [-0.05, 0) is 17.9 Å². The lowest BCUT2D eigenvalue weighted by molar-refractivity contribution is 0.106. The molecule has 0 saturated heterocycles. The molecule has 0 aliphatic heterocycles. The summed E-state index contributed by atoms with van der Waals surface area (Å²) >= 11 is 0. The Hall–Kier alpha value is -1.55. The van der Waals surface area contributed by atoms with Crippen LogP contribution >= 0.6 is 0 Å². The van der Waals surface area contributed by atoms with Crippen LogP contribution < -0.4 is 10.6 Å². The number of methoxy groups -OCH3 is 1. The quantitative estimate of drug-likeness (QED) is 0.629. The van der Waals surface area contributed by atoms with Crippen LogP contribution in [0, 0.1) is 5.92 Å². The van der Waals surface area contributed by atoms with Crippen LogP contribution in [0.1, 0.15) is 25.0 Å². The summed E-state index contributed by atoms with van der Waals surface area (Å²) in [5, 5.41) is 6.73. The molecule has 4 nitrogen and oxygen atoms in total. The van der Waals surface area contributed by atoms with Crippen LogP contribution in [0.25, 0.3) is 0 Å². The van der Waals surface area contributed by atoms with Gasteiger partial charge in [-0.1, -0.05) is 37.3 Å². The molecule has 1 saturated carbocycles. The number of aliphatic imine (C=N–C) groups is 1. The lowest BCUT2D eigenvalue weighted by Gasteiger charge is -2.18. The molecule has 0 spiro atoms. The first kappa shape index (κ1) is 13.9. The van der Waals surface area contributed by atoms with Gasteiger partial charge in [0.05, 0.1) is 6.10 Å². The fraction of sp³-hybridized carbons (Fsp3) is 0.533. The second kappa shape index (κ2) is 6.57. The number of hydrogen-bond acceptors (Lipinski definition) is 2. The van der Waals surface area contributed by atoms with Gasteiger partial charge in [-0.2, -0.15) is 0 Å². The molecule has 2 N–H and O–H groups in total. The van der Waals surface area contributed by atoms with E-state index < -0.39 is 0 Å². The first-order chi connectivity index (χ1) is 9.24. The van der Waals surface area contributed by atoms with E-state index in [9.17, 15) is 0 Å². The summed E-state index contributed by atoms with van der Waals surface area (Å²) in [5.74, 6) is 1.61. The highest BCUT2D eigenvalue weighted by atomic mass is 16.5. The zero-order valence-corrected chi connectivity index (χ0v) is 11.9. The van der Waals surface area contributed by atoms with Crippen molar-refractivity contribution >= 4 is 5.96 Å². The van der Waals surface area contributed by atoms with E-state index in [4.69, 9.17) is 4.74 Å². The van der Waals surface area contributed by atoms with Crippen LogP contribution in [0.15, 0.2) is 35.3 Å². The van der Waals surface area contributed by atoms with Gasteiger partial charge in [0.1, 0.15) is 0 Å². The van der Waals surface area contributed by atoms with Gasteiger partial charge >= 0.3 is 0 Å². The number of hydrogen-bond donors (Lipinski definition) is 2.